The number of halogens is 2. The van der Waals surface area contributed by atoms with Crippen molar-refractivity contribution in [1.82, 2.24) is 4.98 Å². The van der Waals surface area contributed by atoms with E-state index >= 15 is 0 Å². The second kappa shape index (κ2) is 8.13. The fourth-order valence-corrected chi connectivity index (χ4v) is 4.76. The van der Waals surface area contributed by atoms with Crippen molar-refractivity contribution in [2.45, 2.75) is 6.92 Å². The normalized spacial score (nSPS) is 11.4. The fraction of sp³-hybridized carbons (Fsp3) is 0.0500. The molecule has 0 saturated heterocycles. The van der Waals surface area contributed by atoms with Crippen LogP contribution in [0.4, 0.5) is 5.13 Å². The third-order valence-electron chi connectivity index (χ3n) is 3.88. The highest BCUT2D eigenvalue weighted by Gasteiger charge is 2.22. The number of aromatic nitrogens is 1. The summed E-state index contributed by atoms with van der Waals surface area (Å²) in [5, 5.41) is 6.31. The van der Waals surface area contributed by atoms with Gasteiger partial charge in [-0.3, -0.25) is 4.79 Å². The maximum atomic E-state index is 13.1. The minimum absolute atomic E-state index is 0.263. The molecule has 0 fully saturated rings. The van der Waals surface area contributed by atoms with Crippen LogP contribution in [0.15, 0.2) is 64.2 Å². The SMILES string of the molecule is Cc1ccc2nc(N(/N=C/c3ccc(Br)cc3)C(=O)c3ccc(Cl)s3)sc2c1. The second-order valence-electron chi connectivity index (χ2n) is 5.98. The average molecular weight is 491 g/mol. The van der Waals surface area contributed by atoms with Gasteiger partial charge in [-0.05, 0) is 54.4 Å². The smallest absolute Gasteiger partial charge is 0.266 e. The van der Waals surface area contributed by atoms with Crippen LogP contribution in [0.3, 0.4) is 0 Å². The van der Waals surface area contributed by atoms with E-state index in [4.69, 9.17) is 11.6 Å². The van der Waals surface area contributed by atoms with Crippen molar-refractivity contribution in [3.8, 4) is 0 Å². The summed E-state index contributed by atoms with van der Waals surface area (Å²) in [7, 11) is 0. The number of carbonyl (C=O) groups excluding carboxylic acids is 1. The Morgan fingerprint density at radius 3 is 2.64 bits per heavy atom. The molecule has 4 rings (SSSR count). The number of rotatable bonds is 4. The molecule has 0 N–H and O–H groups in total. The van der Waals surface area contributed by atoms with Gasteiger partial charge in [0, 0.05) is 4.47 Å². The molecule has 4 aromatic rings. The highest BCUT2D eigenvalue weighted by atomic mass is 79.9. The Labute approximate surface area is 183 Å². The summed E-state index contributed by atoms with van der Waals surface area (Å²) < 4.78 is 2.54. The summed E-state index contributed by atoms with van der Waals surface area (Å²) in [6, 6.07) is 17.1. The van der Waals surface area contributed by atoms with Crippen LogP contribution in [0.2, 0.25) is 4.34 Å². The van der Waals surface area contributed by atoms with Crippen molar-refractivity contribution in [3.63, 3.8) is 0 Å². The first-order valence-corrected chi connectivity index (χ1v) is 11.1. The maximum Gasteiger partial charge on any atom is 0.290 e. The lowest BCUT2D eigenvalue weighted by Gasteiger charge is -2.12. The molecule has 0 unspecified atom stereocenters. The van der Waals surface area contributed by atoms with E-state index in [9.17, 15) is 4.79 Å². The van der Waals surface area contributed by atoms with Crippen LogP contribution < -0.4 is 5.01 Å². The largest absolute Gasteiger partial charge is 0.290 e. The van der Waals surface area contributed by atoms with Crippen LogP contribution in [0.25, 0.3) is 10.2 Å². The van der Waals surface area contributed by atoms with E-state index in [0.717, 1.165) is 25.8 Å². The van der Waals surface area contributed by atoms with Crippen molar-refractivity contribution in [1.29, 1.82) is 0 Å². The predicted octanol–water partition coefficient (Wildman–Crippen LogP) is 6.76. The number of carbonyl (C=O) groups is 1. The molecule has 0 aliphatic heterocycles. The minimum atomic E-state index is -0.263. The first-order valence-electron chi connectivity index (χ1n) is 8.26. The van der Waals surface area contributed by atoms with Gasteiger partial charge in [0.2, 0.25) is 5.13 Å². The second-order valence-corrected chi connectivity index (χ2v) is 9.62. The predicted molar refractivity (Wildman–Crippen MR) is 122 cm³/mol. The summed E-state index contributed by atoms with van der Waals surface area (Å²) in [6.45, 7) is 2.03. The van der Waals surface area contributed by atoms with Crippen molar-refractivity contribution in [2.75, 3.05) is 5.01 Å². The summed E-state index contributed by atoms with van der Waals surface area (Å²) in [5.41, 5.74) is 2.86. The quantitative estimate of drug-likeness (QED) is 0.234. The molecule has 28 heavy (non-hydrogen) atoms. The molecular formula is C20H13BrClN3OS2. The van der Waals surface area contributed by atoms with E-state index in [1.54, 1.807) is 18.3 Å². The number of thiazole rings is 1. The van der Waals surface area contributed by atoms with Crippen molar-refractivity contribution in [3.05, 3.63) is 79.4 Å². The number of aryl methyl sites for hydroxylation is 1. The number of hydrazone groups is 1. The number of thiophene rings is 1. The number of amides is 1. The number of anilines is 1. The van der Waals surface area contributed by atoms with Gasteiger partial charge in [-0.15, -0.1) is 11.3 Å². The Morgan fingerprint density at radius 1 is 1.14 bits per heavy atom. The molecule has 0 atom stereocenters. The van der Waals surface area contributed by atoms with Gasteiger partial charge >= 0.3 is 0 Å². The van der Waals surface area contributed by atoms with Gasteiger partial charge in [0.25, 0.3) is 5.91 Å². The molecule has 2 aromatic heterocycles. The molecule has 4 nitrogen and oxygen atoms in total. The Hall–Kier alpha value is -2.06. The summed E-state index contributed by atoms with van der Waals surface area (Å²) in [5.74, 6) is -0.263. The van der Waals surface area contributed by atoms with Gasteiger partial charge in [-0.2, -0.15) is 10.1 Å². The minimum Gasteiger partial charge on any atom is -0.266 e. The zero-order valence-electron chi connectivity index (χ0n) is 14.6. The van der Waals surface area contributed by atoms with Crippen molar-refractivity contribution < 1.29 is 4.79 Å². The summed E-state index contributed by atoms with van der Waals surface area (Å²) in [4.78, 5) is 18.2. The lowest BCUT2D eigenvalue weighted by molar-refractivity contribution is 0.0991. The molecule has 0 aliphatic rings. The number of hydrogen-bond donors (Lipinski definition) is 0. The van der Waals surface area contributed by atoms with E-state index in [1.807, 2.05) is 43.3 Å². The van der Waals surface area contributed by atoms with E-state index in [2.05, 4.69) is 32.1 Å². The zero-order chi connectivity index (χ0) is 19.7. The number of hydrogen-bond acceptors (Lipinski definition) is 5. The monoisotopic (exact) mass is 489 g/mol. The van der Waals surface area contributed by atoms with Gasteiger partial charge in [0.15, 0.2) is 0 Å². The third kappa shape index (κ3) is 4.17. The number of nitrogens with zero attached hydrogens (tertiary/aromatic N) is 3. The lowest BCUT2D eigenvalue weighted by Crippen LogP contribution is -2.24. The van der Waals surface area contributed by atoms with Gasteiger partial charge < -0.3 is 0 Å². The van der Waals surface area contributed by atoms with Crippen molar-refractivity contribution in [2.24, 2.45) is 5.10 Å². The van der Waals surface area contributed by atoms with Gasteiger partial charge in [0.1, 0.15) is 0 Å². The molecule has 140 valence electrons. The van der Waals surface area contributed by atoms with Crippen LogP contribution >= 0.6 is 50.2 Å². The standard InChI is InChI=1S/C20H13BrClN3OS2/c1-12-2-7-15-17(10-12)28-20(24-15)25(19(26)16-8-9-18(22)27-16)23-11-13-3-5-14(21)6-4-13/h2-11H,1H3/b23-11+. The molecule has 0 spiro atoms. The first-order chi connectivity index (χ1) is 13.5. The van der Waals surface area contributed by atoms with E-state index in [0.29, 0.717) is 14.3 Å². The highest BCUT2D eigenvalue weighted by Crippen LogP contribution is 2.32. The maximum absolute atomic E-state index is 13.1. The van der Waals surface area contributed by atoms with E-state index in [1.165, 1.54) is 27.7 Å². The van der Waals surface area contributed by atoms with Crippen molar-refractivity contribution >= 4 is 77.7 Å². The van der Waals surface area contributed by atoms with Crippen LogP contribution in [-0.2, 0) is 0 Å². The zero-order valence-corrected chi connectivity index (χ0v) is 18.6. The molecule has 8 heteroatoms. The third-order valence-corrected chi connectivity index (χ3v) is 6.62. The molecule has 0 aliphatic carbocycles. The van der Waals surface area contributed by atoms with Gasteiger partial charge in [-0.1, -0.05) is 57.1 Å². The number of fused-ring (bicyclic) bond motifs is 1. The fourth-order valence-electron chi connectivity index (χ4n) is 2.51. The Balaban J connectivity index is 1.75. The van der Waals surface area contributed by atoms with Crippen LogP contribution in [0, 0.1) is 6.92 Å². The van der Waals surface area contributed by atoms with E-state index in [-0.39, 0.29) is 5.91 Å². The Kier molecular flexibility index (Phi) is 5.59. The molecule has 2 heterocycles. The number of benzene rings is 2. The van der Waals surface area contributed by atoms with Gasteiger partial charge in [-0.25, -0.2) is 4.98 Å². The molecule has 0 bridgehead atoms. The highest BCUT2D eigenvalue weighted by molar-refractivity contribution is 9.10. The molecule has 2 aromatic carbocycles. The topological polar surface area (TPSA) is 45.6 Å². The van der Waals surface area contributed by atoms with Crippen LogP contribution in [0.1, 0.15) is 20.8 Å². The average Bonchev–Trinajstić information content (AvgIpc) is 3.29. The van der Waals surface area contributed by atoms with Crippen LogP contribution in [-0.4, -0.2) is 17.1 Å². The molecule has 0 saturated carbocycles. The lowest BCUT2D eigenvalue weighted by atomic mass is 10.2. The van der Waals surface area contributed by atoms with Gasteiger partial charge in [0.05, 0.1) is 25.6 Å². The first kappa shape index (κ1) is 19.3. The summed E-state index contributed by atoms with van der Waals surface area (Å²) in [6.07, 6.45) is 1.65. The van der Waals surface area contributed by atoms with E-state index < -0.39 is 0 Å². The Bertz CT molecular complexity index is 1180. The van der Waals surface area contributed by atoms with Crippen LogP contribution in [0.5, 0.6) is 0 Å². The molecule has 1 amide bonds. The molecule has 0 radical (unpaired) electrons. The Morgan fingerprint density at radius 2 is 1.93 bits per heavy atom. The summed E-state index contributed by atoms with van der Waals surface area (Å²) >= 11 is 12.1. The molecular weight excluding hydrogens is 478 g/mol.